The van der Waals surface area contributed by atoms with Crippen molar-refractivity contribution in [2.24, 2.45) is 10.2 Å². The van der Waals surface area contributed by atoms with Crippen LogP contribution in [0.15, 0.2) is 77.0 Å². The van der Waals surface area contributed by atoms with Gasteiger partial charge in [-0.1, -0.05) is 12.1 Å². The maximum absolute atomic E-state index is 14.6. The second kappa shape index (κ2) is 10.3. The van der Waals surface area contributed by atoms with E-state index in [1.807, 2.05) is 6.92 Å². The van der Waals surface area contributed by atoms with Crippen molar-refractivity contribution >= 4 is 28.2 Å². The molecule has 4 aromatic carbocycles. The van der Waals surface area contributed by atoms with Crippen LogP contribution in [0.25, 0.3) is 27.7 Å². The molecule has 0 amide bonds. The number of hydrogen-bond acceptors (Lipinski definition) is 5. The highest BCUT2D eigenvalue weighted by Gasteiger charge is 2.32. The minimum Gasteiger partial charge on any atom is -0.505 e. The van der Waals surface area contributed by atoms with Crippen molar-refractivity contribution in [3.05, 3.63) is 101 Å². The van der Waals surface area contributed by atoms with Crippen molar-refractivity contribution in [2.75, 3.05) is 0 Å². The minimum absolute atomic E-state index is 0.0313. The van der Waals surface area contributed by atoms with E-state index in [4.69, 9.17) is 0 Å². The second-order valence-electron chi connectivity index (χ2n) is 9.53. The third kappa shape index (κ3) is 5.02. The standard InChI is InChI=1S/C30H20F5N3O4/c1-14-3-6-19(9-15(14)2)38-25-11-17(30(33,34)35)5-7-20(25)26(28(38)40)37-36-24-13-18(31)12-21(27(24)39)16-4-8-23(32)22(10-16)29(41)42/h3-13,39-40H,1-2H3,(H,41,42). The first kappa shape index (κ1) is 28.3. The predicted molar refractivity (Wildman–Crippen MR) is 144 cm³/mol. The number of rotatable bonds is 5. The number of alkyl halides is 3. The van der Waals surface area contributed by atoms with Gasteiger partial charge in [-0.2, -0.15) is 13.2 Å². The van der Waals surface area contributed by atoms with Gasteiger partial charge in [-0.05, 0) is 79.1 Å². The number of benzene rings is 4. The Morgan fingerprint density at radius 3 is 2.26 bits per heavy atom. The third-order valence-corrected chi connectivity index (χ3v) is 6.81. The lowest BCUT2D eigenvalue weighted by atomic mass is 10.0. The zero-order valence-electron chi connectivity index (χ0n) is 21.8. The van der Waals surface area contributed by atoms with E-state index in [2.05, 4.69) is 10.2 Å². The van der Waals surface area contributed by atoms with Gasteiger partial charge in [-0.25, -0.2) is 13.6 Å². The molecule has 0 bridgehead atoms. The zero-order chi connectivity index (χ0) is 30.5. The minimum atomic E-state index is -4.67. The molecule has 0 aliphatic carbocycles. The topological polar surface area (TPSA) is 107 Å². The van der Waals surface area contributed by atoms with Crippen LogP contribution >= 0.6 is 0 Å². The van der Waals surface area contributed by atoms with Gasteiger partial charge < -0.3 is 15.3 Å². The van der Waals surface area contributed by atoms with Crippen LogP contribution in [0.1, 0.15) is 27.0 Å². The lowest BCUT2D eigenvalue weighted by Gasteiger charge is -2.11. The summed E-state index contributed by atoms with van der Waals surface area (Å²) in [5.41, 5.74) is -0.567. The first-order chi connectivity index (χ1) is 19.8. The summed E-state index contributed by atoms with van der Waals surface area (Å²) in [6, 6.07) is 12.4. The number of phenols is 1. The molecule has 5 rings (SSSR count). The molecule has 12 heteroatoms. The first-order valence-corrected chi connectivity index (χ1v) is 12.3. The fourth-order valence-electron chi connectivity index (χ4n) is 4.50. The van der Waals surface area contributed by atoms with Crippen LogP contribution < -0.4 is 0 Å². The van der Waals surface area contributed by atoms with Gasteiger partial charge in [0.05, 0.1) is 16.6 Å². The number of azo groups is 1. The maximum atomic E-state index is 14.6. The third-order valence-electron chi connectivity index (χ3n) is 6.81. The Morgan fingerprint density at radius 1 is 0.857 bits per heavy atom. The van der Waals surface area contributed by atoms with E-state index in [1.165, 1.54) is 4.57 Å². The number of carbonyl (C=O) groups is 1. The van der Waals surface area contributed by atoms with Gasteiger partial charge in [-0.15, -0.1) is 10.2 Å². The number of aromatic hydroxyl groups is 2. The number of halogens is 5. The summed E-state index contributed by atoms with van der Waals surface area (Å²) < 4.78 is 70.3. The molecule has 0 saturated heterocycles. The molecule has 3 N–H and O–H groups in total. The number of aromatic nitrogens is 1. The van der Waals surface area contributed by atoms with E-state index in [-0.39, 0.29) is 27.7 Å². The number of aromatic carboxylic acids is 1. The quantitative estimate of drug-likeness (QED) is 0.142. The van der Waals surface area contributed by atoms with Gasteiger partial charge in [0.25, 0.3) is 0 Å². The van der Waals surface area contributed by atoms with Gasteiger partial charge in [0.1, 0.15) is 17.3 Å². The Balaban J connectivity index is 1.68. The molecule has 0 radical (unpaired) electrons. The average Bonchev–Trinajstić information content (AvgIpc) is 3.20. The van der Waals surface area contributed by atoms with E-state index in [1.54, 1.807) is 25.1 Å². The van der Waals surface area contributed by atoms with E-state index in [0.29, 0.717) is 5.69 Å². The molecule has 0 aliphatic heterocycles. The Bertz CT molecular complexity index is 1930. The molecule has 0 aliphatic rings. The fraction of sp³-hybridized carbons (Fsp3) is 0.100. The summed E-state index contributed by atoms with van der Waals surface area (Å²) in [6.07, 6.45) is -4.67. The van der Waals surface area contributed by atoms with Crippen LogP contribution in [0.4, 0.5) is 33.3 Å². The number of phenolic OH excluding ortho intramolecular Hbond substituents is 1. The summed E-state index contributed by atoms with van der Waals surface area (Å²) in [5, 5.41) is 39.1. The largest absolute Gasteiger partial charge is 0.505 e. The van der Waals surface area contributed by atoms with Gasteiger partial charge in [0, 0.05) is 22.7 Å². The number of carboxylic acids is 1. The van der Waals surface area contributed by atoms with Gasteiger partial charge in [0.15, 0.2) is 11.4 Å². The SMILES string of the molecule is Cc1ccc(-n2c(O)c(N=Nc3cc(F)cc(-c4ccc(F)c(C(=O)O)c4)c3O)c3ccc(C(F)(F)F)cc32)cc1C. The van der Waals surface area contributed by atoms with Gasteiger partial charge in [-0.3, -0.25) is 4.57 Å². The molecule has 7 nitrogen and oxygen atoms in total. The maximum Gasteiger partial charge on any atom is 0.416 e. The van der Waals surface area contributed by atoms with Crippen LogP contribution in [0.2, 0.25) is 0 Å². The number of aryl methyl sites for hydroxylation is 2. The summed E-state index contributed by atoms with van der Waals surface area (Å²) in [4.78, 5) is 11.3. The van der Waals surface area contributed by atoms with Crippen molar-refractivity contribution in [3.63, 3.8) is 0 Å². The average molecular weight is 581 g/mol. The molecule has 0 saturated carbocycles. The molecule has 0 fully saturated rings. The Hall–Kier alpha value is -5.26. The molecule has 0 unspecified atom stereocenters. The molecule has 1 aromatic heterocycles. The number of nitrogens with zero attached hydrogens (tertiary/aromatic N) is 3. The van der Waals surface area contributed by atoms with Crippen molar-refractivity contribution in [1.82, 2.24) is 4.57 Å². The molecular formula is C30H20F5N3O4. The van der Waals surface area contributed by atoms with E-state index in [9.17, 15) is 42.1 Å². The van der Waals surface area contributed by atoms with E-state index in [0.717, 1.165) is 59.7 Å². The highest BCUT2D eigenvalue weighted by atomic mass is 19.4. The van der Waals surface area contributed by atoms with E-state index < -0.39 is 52.2 Å². The lowest BCUT2D eigenvalue weighted by Crippen LogP contribution is -2.05. The van der Waals surface area contributed by atoms with Gasteiger partial charge in [0.2, 0.25) is 5.88 Å². The smallest absolute Gasteiger partial charge is 0.416 e. The van der Waals surface area contributed by atoms with Gasteiger partial charge >= 0.3 is 12.1 Å². The molecule has 0 spiro atoms. The summed E-state index contributed by atoms with van der Waals surface area (Å²) >= 11 is 0. The fourth-order valence-corrected chi connectivity index (χ4v) is 4.50. The lowest BCUT2D eigenvalue weighted by molar-refractivity contribution is -0.137. The Morgan fingerprint density at radius 2 is 1.60 bits per heavy atom. The molecule has 214 valence electrons. The van der Waals surface area contributed by atoms with Crippen LogP contribution in [0.5, 0.6) is 11.6 Å². The predicted octanol–water partition coefficient (Wildman–Crippen LogP) is 8.74. The molecule has 42 heavy (non-hydrogen) atoms. The molecule has 0 atom stereocenters. The highest BCUT2D eigenvalue weighted by molar-refractivity contribution is 5.97. The molecule has 5 aromatic rings. The zero-order valence-corrected chi connectivity index (χ0v) is 21.8. The monoisotopic (exact) mass is 581 g/mol. The summed E-state index contributed by atoms with van der Waals surface area (Å²) in [7, 11) is 0. The van der Waals surface area contributed by atoms with Crippen molar-refractivity contribution < 1.29 is 42.1 Å². The van der Waals surface area contributed by atoms with Crippen molar-refractivity contribution in [1.29, 1.82) is 0 Å². The highest BCUT2D eigenvalue weighted by Crippen LogP contribution is 2.45. The van der Waals surface area contributed by atoms with Crippen molar-refractivity contribution in [3.8, 4) is 28.4 Å². The normalized spacial score (nSPS) is 12.0. The van der Waals surface area contributed by atoms with Crippen LogP contribution in [0.3, 0.4) is 0 Å². The summed E-state index contributed by atoms with van der Waals surface area (Å²) in [6.45, 7) is 3.65. The number of carboxylic acid groups (broad SMARTS) is 1. The first-order valence-electron chi connectivity index (χ1n) is 12.3. The second-order valence-corrected chi connectivity index (χ2v) is 9.53. The Kier molecular flexibility index (Phi) is 6.93. The number of hydrogen-bond donors (Lipinski definition) is 3. The Labute approximate surface area is 234 Å². The van der Waals surface area contributed by atoms with Crippen molar-refractivity contribution in [2.45, 2.75) is 20.0 Å². The van der Waals surface area contributed by atoms with Crippen LogP contribution in [0, 0.1) is 25.5 Å². The summed E-state index contributed by atoms with van der Waals surface area (Å²) in [5.74, 6) is -4.72. The van der Waals surface area contributed by atoms with Crippen LogP contribution in [-0.2, 0) is 6.18 Å². The molecule has 1 heterocycles. The van der Waals surface area contributed by atoms with Crippen LogP contribution in [-0.4, -0.2) is 25.9 Å². The number of fused-ring (bicyclic) bond motifs is 1. The molecular weight excluding hydrogens is 561 g/mol. The van der Waals surface area contributed by atoms with E-state index >= 15 is 0 Å².